The second-order valence-electron chi connectivity index (χ2n) is 3.16. The number of aryl methyl sites for hydroxylation is 1. The molecule has 0 unspecified atom stereocenters. The van der Waals surface area contributed by atoms with Gasteiger partial charge in [-0.1, -0.05) is 0 Å². The SMILES string of the molecule is O=C(O)CCCc1cc(F)c(O)c(Br)c1. The number of hydrogen-bond acceptors (Lipinski definition) is 2. The molecule has 0 fully saturated rings. The summed E-state index contributed by atoms with van der Waals surface area (Å²) in [6.45, 7) is 0. The minimum atomic E-state index is -0.867. The van der Waals surface area contributed by atoms with E-state index in [2.05, 4.69) is 15.9 Å². The lowest BCUT2D eigenvalue weighted by atomic mass is 10.1. The van der Waals surface area contributed by atoms with Crippen LogP contribution in [0.1, 0.15) is 18.4 Å². The molecule has 1 aromatic carbocycles. The first-order valence-corrected chi connectivity index (χ1v) is 5.18. The second kappa shape index (κ2) is 5.11. The van der Waals surface area contributed by atoms with Crippen molar-refractivity contribution in [3.8, 4) is 5.75 Å². The Morgan fingerprint density at radius 2 is 2.13 bits per heavy atom. The van der Waals surface area contributed by atoms with Crippen molar-refractivity contribution in [1.29, 1.82) is 0 Å². The third-order valence-corrected chi connectivity index (χ3v) is 2.54. The Morgan fingerprint density at radius 1 is 1.47 bits per heavy atom. The zero-order valence-corrected chi connectivity index (χ0v) is 9.42. The normalized spacial score (nSPS) is 10.3. The Bertz CT molecular complexity index is 356. The topological polar surface area (TPSA) is 57.5 Å². The first kappa shape index (κ1) is 12.0. The molecule has 0 aliphatic heterocycles. The van der Waals surface area contributed by atoms with Gasteiger partial charge in [-0.05, 0) is 46.5 Å². The first-order chi connectivity index (χ1) is 7.00. The molecule has 5 heteroatoms. The molecule has 0 saturated heterocycles. The first-order valence-electron chi connectivity index (χ1n) is 4.39. The van der Waals surface area contributed by atoms with Gasteiger partial charge in [0.15, 0.2) is 11.6 Å². The van der Waals surface area contributed by atoms with Gasteiger partial charge in [0.25, 0.3) is 0 Å². The molecule has 82 valence electrons. The smallest absolute Gasteiger partial charge is 0.303 e. The Kier molecular flexibility index (Phi) is 4.08. The van der Waals surface area contributed by atoms with Gasteiger partial charge in [-0.2, -0.15) is 0 Å². The van der Waals surface area contributed by atoms with Crippen LogP contribution in [0.15, 0.2) is 16.6 Å². The number of aliphatic carboxylic acids is 1. The maximum atomic E-state index is 13.0. The fourth-order valence-corrected chi connectivity index (χ4v) is 1.69. The van der Waals surface area contributed by atoms with E-state index in [0.29, 0.717) is 18.4 Å². The molecule has 15 heavy (non-hydrogen) atoms. The van der Waals surface area contributed by atoms with Crippen LogP contribution in [0.3, 0.4) is 0 Å². The summed E-state index contributed by atoms with van der Waals surface area (Å²) in [6.07, 6.45) is 0.980. The Hall–Kier alpha value is -1.10. The number of hydrogen-bond donors (Lipinski definition) is 2. The number of phenolic OH excluding ortho intramolecular Hbond substituents is 1. The highest BCUT2D eigenvalue weighted by molar-refractivity contribution is 9.10. The highest BCUT2D eigenvalue weighted by Crippen LogP contribution is 2.28. The van der Waals surface area contributed by atoms with Crippen LogP contribution in [0, 0.1) is 5.82 Å². The summed E-state index contributed by atoms with van der Waals surface area (Å²) < 4.78 is 13.3. The average Bonchev–Trinajstić information content (AvgIpc) is 2.13. The molecule has 0 heterocycles. The molecule has 0 aliphatic rings. The van der Waals surface area contributed by atoms with Crippen molar-refractivity contribution in [2.24, 2.45) is 0 Å². The molecule has 2 N–H and O–H groups in total. The van der Waals surface area contributed by atoms with Crippen molar-refractivity contribution in [2.75, 3.05) is 0 Å². The summed E-state index contributed by atoms with van der Waals surface area (Å²) in [5.41, 5.74) is 0.665. The van der Waals surface area contributed by atoms with E-state index < -0.39 is 17.5 Å². The van der Waals surface area contributed by atoms with Crippen LogP contribution >= 0.6 is 15.9 Å². The van der Waals surface area contributed by atoms with E-state index in [1.165, 1.54) is 6.07 Å². The van der Waals surface area contributed by atoms with Crippen LogP contribution in [0.2, 0.25) is 0 Å². The number of aromatic hydroxyl groups is 1. The van der Waals surface area contributed by atoms with Crippen LogP contribution in [0.25, 0.3) is 0 Å². The van der Waals surface area contributed by atoms with E-state index in [-0.39, 0.29) is 10.9 Å². The minimum Gasteiger partial charge on any atom is -0.504 e. The van der Waals surface area contributed by atoms with E-state index in [0.717, 1.165) is 0 Å². The van der Waals surface area contributed by atoms with E-state index in [9.17, 15) is 9.18 Å². The number of halogens is 2. The van der Waals surface area contributed by atoms with E-state index in [1.54, 1.807) is 6.07 Å². The largest absolute Gasteiger partial charge is 0.504 e. The highest BCUT2D eigenvalue weighted by atomic mass is 79.9. The molecular weight excluding hydrogens is 267 g/mol. The monoisotopic (exact) mass is 276 g/mol. The zero-order valence-electron chi connectivity index (χ0n) is 7.83. The number of carboxylic acids is 1. The Morgan fingerprint density at radius 3 is 2.67 bits per heavy atom. The molecule has 1 aromatic rings. The van der Waals surface area contributed by atoms with Crippen molar-refractivity contribution in [1.82, 2.24) is 0 Å². The second-order valence-corrected chi connectivity index (χ2v) is 4.01. The van der Waals surface area contributed by atoms with Crippen LogP contribution in [0.5, 0.6) is 5.75 Å². The van der Waals surface area contributed by atoms with Crippen LogP contribution in [0.4, 0.5) is 4.39 Å². The highest BCUT2D eigenvalue weighted by Gasteiger charge is 2.07. The van der Waals surface area contributed by atoms with Gasteiger partial charge < -0.3 is 10.2 Å². The number of rotatable bonds is 4. The molecule has 0 spiro atoms. The van der Waals surface area contributed by atoms with E-state index in [1.807, 2.05) is 0 Å². The third kappa shape index (κ3) is 3.51. The molecule has 1 rings (SSSR count). The molecule has 0 aliphatic carbocycles. The quantitative estimate of drug-likeness (QED) is 0.889. The predicted octanol–water partition coefficient (Wildman–Crippen LogP) is 2.70. The Labute approximate surface area is 94.7 Å². The average molecular weight is 277 g/mol. The van der Waals surface area contributed by atoms with Crippen molar-refractivity contribution in [3.05, 3.63) is 28.0 Å². The number of carboxylic acid groups (broad SMARTS) is 1. The molecule has 0 amide bonds. The lowest BCUT2D eigenvalue weighted by Gasteiger charge is -2.04. The van der Waals surface area contributed by atoms with Gasteiger partial charge in [0.2, 0.25) is 0 Å². The fourth-order valence-electron chi connectivity index (χ4n) is 1.21. The summed E-state index contributed by atoms with van der Waals surface area (Å²) in [6, 6.07) is 2.79. The summed E-state index contributed by atoms with van der Waals surface area (Å²) in [7, 11) is 0. The van der Waals surface area contributed by atoms with Crippen LogP contribution < -0.4 is 0 Å². The minimum absolute atomic E-state index is 0.0557. The van der Waals surface area contributed by atoms with Gasteiger partial charge in [0, 0.05) is 6.42 Å². The van der Waals surface area contributed by atoms with Crippen molar-refractivity contribution >= 4 is 21.9 Å². The summed E-state index contributed by atoms with van der Waals surface area (Å²) in [5.74, 6) is -1.99. The van der Waals surface area contributed by atoms with Crippen molar-refractivity contribution < 1.29 is 19.4 Å². The van der Waals surface area contributed by atoms with Crippen LogP contribution in [-0.2, 0) is 11.2 Å². The van der Waals surface area contributed by atoms with Crippen LogP contribution in [-0.4, -0.2) is 16.2 Å². The lowest BCUT2D eigenvalue weighted by Crippen LogP contribution is -1.96. The Balaban J connectivity index is 2.66. The number of carbonyl (C=O) groups is 1. The number of benzene rings is 1. The summed E-state index contributed by atoms with van der Waals surface area (Å²) in [5, 5.41) is 17.5. The summed E-state index contributed by atoms with van der Waals surface area (Å²) in [4.78, 5) is 10.3. The molecule has 0 saturated carbocycles. The molecule has 0 radical (unpaired) electrons. The van der Waals surface area contributed by atoms with Gasteiger partial charge in [0.1, 0.15) is 0 Å². The maximum Gasteiger partial charge on any atom is 0.303 e. The third-order valence-electron chi connectivity index (χ3n) is 1.93. The van der Waals surface area contributed by atoms with Crippen molar-refractivity contribution in [3.63, 3.8) is 0 Å². The van der Waals surface area contributed by atoms with Gasteiger partial charge in [-0.25, -0.2) is 4.39 Å². The van der Waals surface area contributed by atoms with Gasteiger partial charge in [-0.3, -0.25) is 4.79 Å². The summed E-state index contributed by atoms with van der Waals surface area (Å²) >= 11 is 3.01. The van der Waals surface area contributed by atoms with E-state index >= 15 is 0 Å². The van der Waals surface area contributed by atoms with Crippen molar-refractivity contribution in [2.45, 2.75) is 19.3 Å². The molecule has 0 bridgehead atoms. The van der Waals surface area contributed by atoms with Gasteiger partial charge >= 0.3 is 5.97 Å². The molecule has 0 atom stereocenters. The van der Waals surface area contributed by atoms with Gasteiger partial charge in [0.05, 0.1) is 4.47 Å². The fraction of sp³-hybridized carbons (Fsp3) is 0.300. The zero-order chi connectivity index (χ0) is 11.4. The molecular formula is C10H10BrFO3. The molecule has 3 nitrogen and oxygen atoms in total. The standard InChI is InChI=1S/C10H10BrFO3/c11-7-4-6(2-1-3-9(13)14)5-8(12)10(7)15/h4-5,15H,1-3H2,(H,13,14). The number of phenols is 1. The van der Waals surface area contributed by atoms with E-state index in [4.69, 9.17) is 10.2 Å². The lowest BCUT2D eigenvalue weighted by molar-refractivity contribution is -0.137. The van der Waals surface area contributed by atoms with Gasteiger partial charge in [-0.15, -0.1) is 0 Å². The maximum absolute atomic E-state index is 13.0. The molecule has 0 aromatic heterocycles. The predicted molar refractivity (Wildman–Crippen MR) is 56.3 cm³/mol.